The van der Waals surface area contributed by atoms with Gasteiger partial charge in [-0.15, -0.1) is 0 Å². The Kier molecular flexibility index (Phi) is 3.45. The van der Waals surface area contributed by atoms with Gasteiger partial charge in [0.1, 0.15) is 19.0 Å². The Balaban J connectivity index is 1.33. The number of ether oxygens (including phenoxy) is 2. The Hall–Kier alpha value is -1.74. The molecule has 1 fully saturated rings. The second-order valence-corrected chi connectivity index (χ2v) is 6.77. The number of allylic oxidation sites excluding steroid dienone is 2. The quantitative estimate of drug-likeness (QED) is 0.924. The largest absolute Gasteiger partial charge is 0.490 e. The fourth-order valence-corrected chi connectivity index (χ4v) is 3.53. The van der Waals surface area contributed by atoms with Gasteiger partial charge in [0.2, 0.25) is 0 Å². The third-order valence-electron chi connectivity index (χ3n) is 5.07. The molecule has 1 heterocycles. The molecule has 1 N–H and O–H groups in total. The Morgan fingerprint density at radius 3 is 2.86 bits per heavy atom. The van der Waals surface area contributed by atoms with Gasteiger partial charge in [0.05, 0.1) is 0 Å². The lowest BCUT2D eigenvalue weighted by molar-refractivity contribution is 0.0592. The molecule has 3 aliphatic rings. The molecule has 3 atom stereocenters. The van der Waals surface area contributed by atoms with Crippen molar-refractivity contribution < 1.29 is 9.47 Å². The van der Waals surface area contributed by atoms with Crippen molar-refractivity contribution in [2.45, 2.75) is 31.2 Å². The van der Waals surface area contributed by atoms with Gasteiger partial charge in [-0.2, -0.15) is 0 Å². The van der Waals surface area contributed by atoms with Gasteiger partial charge < -0.3 is 14.8 Å². The Bertz CT molecular complexity index is 607. The zero-order valence-corrected chi connectivity index (χ0v) is 13.0. The number of hydrogen-bond donors (Lipinski definition) is 1. The summed E-state index contributed by atoms with van der Waals surface area (Å²) in [7, 11) is 0. The monoisotopic (exact) mass is 297 g/mol. The van der Waals surface area contributed by atoms with Gasteiger partial charge in [0.25, 0.3) is 0 Å². The van der Waals surface area contributed by atoms with E-state index in [9.17, 15) is 0 Å². The number of benzene rings is 1. The van der Waals surface area contributed by atoms with Crippen molar-refractivity contribution in [1.82, 2.24) is 5.32 Å². The summed E-state index contributed by atoms with van der Waals surface area (Å²) in [5.41, 5.74) is 1.69. The molecule has 0 bridgehead atoms. The highest BCUT2D eigenvalue weighted by Crippen LogP contribution is 2.51. The highest BCUT2D eigenvalue weighted by atomic mass is 16.6. The van der Waals surface area contributed by atoms with E-state index in [2.05, 4.69) is 54.7 Å². The lowest BCUT2D eigenvalue weighted by atomic mass is 9.97. The molecule has 1 aromatic rings. The first-order chi connectivity index (χ1) is 10.7. The van der Waals surface area contributed by atoms with Crippen LogP contribution in [0, 0.1) is 5.92 Å². The first-order valence-corrected chi connectivity index (χ1v) is 8.21. The van der Waals surface area contributed by atoms with Crippen molar-refractivity contribution in [1.29, 1.82) is 0 Å². The van der Waals surface area contributed by atoms with Crippen LogP contribution in [0.4, 0.5) is 0 Å². The van der Waals surface area contributed by atoms with Crippen LogP contribution in [0.5, 0.6) is 0 Å². The summed E-state index contributed by atoms with van der Waals surface area (Å²) in [4.78, 5) is 0. The van der Waals surface area contributed by atoms with Crippen molar-refractivity contribution in [3.63, 3.8) is 0 Å². The van der Waals surface area contributed by atoms with Crippen molar-refractivity contribution in [3.8, 4) is 0 Å². The molecule has 22 heavy (non-hydrogen) atoms. The molecule has 2 aliphatic carbocycles. The average molecular weight is 297 g/mol. The highest BCUT2D eigenvalue weighted by Gasteiger charge is 2.50. The van der Waals surface area contributed by atoms with E-state index in [-0.39, 0.29) is 5.54 Å². The summed E-state index contributed by atoms with van der Waals surface area (Å²) in [6.45, 7) is 4.68. The Labute approximate surface area is 132 Å². The summed E-state index contributed by atoms with van der Waals surface area (Å²) >= 11 is 0. The van der Waals surface area contributed by atoms with Gasteiger partial charge >= 0.3 is 0 Å². The standard InChI is InChI=1S/C19H23NO2/c1-19(12-16(19)15-5-3-2-4-6-15)20-13-14-7-8-17-18(11-14)22-10-9-21-17/h2-8,14,16,20H,9-13H2,1H3. The van der Waals surface area contributed by atoms with Gasteiger partial charge in [-0.25, -0.2) is 0 Å². The Morgan fingerprint density at radius 1 is 1.18 bits per heavy atom. The van der Waals surface area contributed by atoms with Crippen molar-refractivity contribution in [3.05, 3.63) is 59.6 Å². The molecule has 0 saturated heterocycles. The lowest BCUT2D eigenvalue weighted by Gasteiger charge is -2.27. The summed E-state index contributed by atoms with van der Waals surface area (Å²) in [6.07, 6.45) is 6.50. The molecule has 0 aromatic heterocycles. The second kappa shape index (κ2) is 5.47. The van der Waals surface area contributed by atoms with E-state index in [1.807, 2.05) is 0 Å². The number of rotatable bonds is 4. The molecule has 0 spiro atoms. The van der Waals surface area contributed by atoms with E-state index in [0.29, 0.717) is 25.0 Å². The summed E-state index contributed by atoms with van der Waals surface area (Å²) in [6, 6.07) is 10.8. The van der Waals surface area contributed by atoms with Crippen LogP contribution in [0.15, 0.2) is 54.0 Å². The molecule has 116 valence electrons. The maximum Gasteiger partial charge on any atom is 0.156 e. The van der Waals surface area contributed by atoms with E-state index < -0.39 is 0 Å². The summed E-state index contributed by atoms with van der Waals surface area (Å²) < 4.78 is 11.3. The van der Waals surface area contributed by atoms with Gasteiger partial charge in [0, 0.05) is 24.4 Å². The maximum atomic E-state index is 5.73. The number of hydrogen-bond acceptors (Lipinski definition) is 3. The minimum Gasteiger partial charge on any atom is -0.490 e. The minimum absolute atomic E-state index is 0.244. The van der Waals surface area contributed by atoms with Crippen LogP contribution in [0.2, 0.25) is 0 Å². The van der Waals surface area contributed by atoms with Gasteiger partial charge in [-0.1, -0.05) is 36.4 Å². The van der Waals surface area contributed by atoms with E-state index in [4.69, 9.17) is 9.47 Å². The van der Waals surface area contributed by atoms with Crippen LogP contribution < -0.4 is 5.32 Å². The normalized spacial score (nSPS) is 33.0. The molecular formula is C19H23NO2. The smallest absolute Gasteiger partial charge is 0.156 e. The molecule has 0 radical (unpaired) electrons. The van der Waals surface area contributed by atoms with E-state index >= 15 is 0 Å². The van der Waals surface area contributed by atoms with E-state index in [1.165, 1.54) is 12.0 Å². The average Bonchev–Trinajstić information content (AvgIpc) is 3.26. The van der Waals surface area contributed by atoms with Gasteiger partial charge in [-0.05, 0) is 30.9 Å². The Morgan fingerprint density at radius 2 is 2.00 bits per heavy atom. The molecule has 1 aliphatic heterocycles. The highest BCUT2D eigenvalue weighted by molar-refractivity contribution is 5.32. The summed E-state index contributed by atoms with van der Waals surface area (Å²) in [5, 5.41) is 3.78. The molecule has 1 saturated carbocycles. The van der Waals surface area contributed by atoms with Crippen LogP contribution in [0.3, 0.4) is 0 Å². The molecule has 0 amide bonds. The predicted octanol–water partition coefficient (Wildman–Crippen LogP) is 3.36. The molecular weight excluding hydrogens is 274 g/mol. The predicted molar refractivity (Wildman–Crippen MR) is 86.4 cm³/mol. The van der Waals surface area contributed by atoms with E-state index in [0.717, 1.165) is 24.5 Å². The molecule has 3 heteroatoms. The van der Waals surface area contributed by atoms with Gasteiger partial charge in [0.15, 0.2) is 5.76 Å². The zero-order valence-electron chi connectivity index (χ0n) is 13.0. The summed E-state index contributed by atoms with van der Waals surface area (Å²) in [5.74, 6) is 3.10. The van der Waals surface area contributed by atoms with E-state index in [1.54, 1.807) is 0 Å². The molecule has 3 nitrogen and oxygen atoms in total. The number of nitrogens with one attached hydrogen (secondary N) is 1. The van der Waals surface area contributed by atoms with Gasteiger partial charge in [-0.3, -0.25) is 0 Å². The van der Waals surface area contributed by atoms with Crippen molar-refractivity contribution >= 4 is 0 Å². The fourth-order valence-electron chi connectivity index (χ4n) is 3.53. The topological polar surface area (TPSA) is 30.5 Å². The van der Waals surface area contributed by atoms with Crippen molar-refractivity contribution in [2.75, 3.05) is 19.8 Å². The third-order valence-corrected chi connectivity index (χ3v) is 5.07. The molecule has 3 unspecified atom stereocenters. The molecule has 4 rings (SSSR count). The third kappa shape index (κ3) is 2.66. The minimum atomic E-state index is 0.244. The van der Waals surface area contributed by atoms with Crippen LogP contribution >= 0.6 is 0 Å². The van der Waals surface area contributed by atoms with Crippen molar-refractivity contribution in [2.24, 2.45) is 5.92 Å². The lowest BCUT2D eigenvalue weighted by Crippen LogP contribution is -2.35. The first kappa shape index (κ1) is 13.9. The van der Waals surface area contributed by atoms with Crippen LogP contribution in [-0.4, -0.2) is 25.3 Å². The zero-order chi connectivity index (χ0) is 15.0. The van der Waals surface area contributed by atoms with Crippen LogP contribution in [0.1, 0.15) is 31.2 Å². The second-order valence-electron chi connectivity index (χ2n) is 6.77. The van der Waals surface area contributed by atoms with Crippen LogP contribution in [0.25, 0.3) is 0 Å². The maximum absolute atomic E-state index is 5.73. The SMILES string of the molecule is CC1(NCC2C=CC3=C(C2)OCCO3)CC1c1ccccc1. The molecule has 1 aromatic carbocycles. The van der Waals surface area contributed by atoms with Crippen LogP contribution in [-0.2, 0) is 9.47 Å². The first-order valence-electron chi connectivity index (χ1n) is 8.21. The fraction of sp³-hybridized carbons (Fsp3) is 0.474.